The second-order valence-corrected chi connectivity index (χ2v) is 10.8. The van der Waals surface area contributed by atoms with E-state index in [1.807, 2.05) is 13.8 Å². The van der Waals surface area contributed by atoms with Crippen LogP contribution in [0.25, 0.3) is 0 Å². The molecule has 1 saturated heterocycles. The van der Waals surface area contributed by atoms with Crippen LogP contribution in [0.2, 0.25) is 5.02 Å². The molecule has 2 atom stereocenters. The van der Waals surface area contributed by atoms with Crippen molar-refractivity contribution in [1.29, 1.82) is 5.26 Å². The standard InChI is InChI=1S/C20H24ClN3O4S/c1-13(2)9-18(25)24-11-14(29(27,28)17-6-4-3-5-15(17)21)10-16(24)19(26)23-20(12-22)7-8-20/h3-6,13-14,16H,7-11H2,1-2H3,(H,23,26)/t14-,16+/m1/s1. The van der Waals surface area contributed by atoms with E-state index in [0.29, 0.717) is 12.8 Å². The summed E-state index contributed by atoms with van der Waals surface area (Å²) < 4.78 is 26.3. The molecule has 0 bridgehead atoms. The van der Waals surface area contributed by atoms with Crippen molar-refractivity contribution in [3.05, 3.63) is 29.3 Å². The lowest BCUT2D eigenvalue weighted by molar-refractivity contribution is -0.139. The van der Waals surface area contributed by atoms with Crippen LogP contribution < -0.4 is 5.32 Å². The van der Waals surface area contributed by atoms with Gasteiger partial charge in [-0.25, -0.2) is 8.42 Å². The fourth-order valence-corrected chi connectivity index (χ4v) is 5.79. The highest BCUT2D eigenvalue weighted by molar-refractivity contribution is 7.92. The summed E-state index contributed by atoms with van der Waals surface area (Å²) in [6.45, 7) is 3.70. The van der Waals surface area contributed by atoms with Gasteiger partial charge in [0.2, 0.25) is 11.8 Å². The number of nitrogens with one attached hydrogen (secondary N) is 1. The second kappa shape index (κ2) is 7.96. The summed E-state index contributed by atoms with van der Waals surface area (Å²) in [5.74, 6) is -0.670. The molecule has 1 aromatic carbocycles. The molecular weight excluding hydrogens is 414 g/mol. The van der Waals surface area contributed by atoms with E-state index in [4.69, 9.17) is 11.6 Å². The average molecular weight is 438 g/mol. The molecule has 1 aliphatic heterocycles. The molecule has 3 rings (SSSR count). The van der Waals surface area contributed by atoms with E-state index in [1.165, 1.54) is 17.0 Å². The van der Waals surface area contributed by atoms with Gasteiger partial charge in [-0.05, 0) is 37.3 Å². The summed E-state index contributed by atoms with van der Waals surface area (Å²) in [5, 5.41) is 11.1. The van der Waals surface area contributed by atoms with Gasteiger partial charge in [0.15, 0.2) is 9.84 Å². The first kappa shape index (κ1) is 21.6. The van der Waals surface area contributed by atoms with Crippen LogP contribution in [-0.2, 0) is 19.4 Å². The molecule has 1 aromatic rings. The molecule has 156 valence electrons. The normalized spacial score (nSPS) is 22.9. The zero-order chi connectivity index (χ0) is 21.4. The highest BCUT2D eigenvalue weighted by Gasteiger charge is 2.50. The number of nitriles is 1. The lowest BCUT2D eigenvalue weighted by Crippen LogP contribution is -2.49. The Kier molecular flexibility index (Phi) is 5.93. The molecule has 29 heavy (non-hydrogen) atoms. The third kappa shape index (κ3) is 4.41. The van der Waals surface area contributed by atoms with Crippen LogP contribution in [0.4, 0.5) is 0 Å². The van der Waals surface area contributed by atoms with Crippen LogP contribution in [0.5, 0.6) is 0 Å². The highest BCUT2D eigenvalue weighted by Crippen LogP contribution is 2.36. The van der Waals surface area contributed by atoms with Crippen LogP contribution in [0.1, 0.15) is 39.5 Å². The van der Waals surface area contributed by atoms with Crippen molar-refractivity contribution in [3.63, 3.8) is 0 Å². The summed E-state index contributed by atoms with van der Waals surface area (Å²) in [7, 11) is -3.84. The van der Waals surface area contributed by atoms with Gasteiger partial charge < -0.3 is 10.2 Å². The maximum Gasteiger partial charge on any atom is 0.244 e. The largest absolute Gasteiger partial charge is 0.336 e. The molecule has 9 heteroatoms. The molecule has 1 aliphatic carbocycles. The Labute approximate surface area is 175 Å². The van der Waals surface area contributed by atoms with Crippen molar-refractivity contribution in [1.82, 2.24) is 10.2 Å². The number of nitrogens with zero attached hydrogens (tertiary/aromatic N) is 2. The topological polar surface area (TPSA) is 107 Å². The molecule has 2 amide bonds. The third-order valence-corrected chi connectivity index (χ3v) is 8.01. The zero-order valence-corrected chi connectivity index (χ0v) is 18.0. The molecule has 1 saturated carbocycles. The van der Waals surface area contributed by atoms with Crippen molar-refractivity contribution in [2.75, 3.05) is 6.54 Å². The Bertz CT molecular complexity index is 966. The molecule has 0 radical (unpaired) electrons. The van der Waals surface area contributed by atoms with E-state index in [2.05, 4.69) is 11.4 Å². The summed E-state index contributed by atoms with van der Waals surface area (Å²) in [6.07, 6.45) is 1.31. The number of likely N-dealkylation sites (tertiary alicyclic amines) is 1. The van der Waals surface area contributed by atoms with Crippen LogP contribution >= 0.6 is 11.6 Å². The van der Waals surface area contributed by atoms with E-state index < -0.39 is 32.6 Å². The first-order valence-electron chi connectivity index (χ1n) is 9.61. The van der Waals surface area contributed by atoms with Crippen molar-refractivity contribution in [3.8, 4) is 6.07 Å². The van der Waals surface area contributed by atoms with Gasteiger partial charge in [0, 0.05) is 13.0 Å². The molecule has 7 nitrogen and oxygen atoms in total. The smallest absolute Gasteiger partial charge is 0.244 e. The number of carbonyl (C=O) groups excluding carboxylic acids is 2. The Hall–Kier alpha value is -2.11. The van der Waals surface area contributed by atoms with E-state index in [9.17, 15) is 23.3 Å². The molecule has 0 aromatic heterocycles. The first-order chi connectivity index (χ1) is 13.6. The number of sulfone groups is 1. The Balaban J connectivity index is 1.88. The summed E-state index contributed by atoms with van der Waals surface area (Å²) in [4.78, 5) is 27.0. The van der Waals surface area contributed by atoms with Gasteiger partial charge in [0.1, 0.15) is 11.6 Å². The fourth-order valence-electron chi connectivity index (χ4n) is 3.58. The summed E-state index contributed by atoms with van der Waals surface area (Å²) in [6, 6.07) is 7.32. The van der Waals surface area contributed by atoms with Gasteiger partial charge >= 0.3 is 0 Å². The van der Waals surface area contributed by atoms with Crippen LogP contribution in [-0.4, -0.2) is 48.5 Å². The van der Waals surface area contributed by atoms with Gasteiger partial charge in [-0.3, -0.25) is 9.59 Å². The van der Waals surface area contributed by atoms with Gasteiger partial charge in [-0.2, -0.15) is 5.26 Å². The SMILES string of the molecule is CC(C)CC(=O)N1C[C@H](S(=O)(=O)c2ccccc2Cl)C[C@H]1C(=O)NC1(C#N)CC1. The van der Waals surface area contributed by atoms with Crippen molar-refractivity contribution in [2.24, 2.45) is 5.92 Å². The molecule has 0 unspecified atom stereocenters. The predicted octanol–water partition coefficient (Wildman–Crippen LogP) is 2.30. The van der Waals surface area contributed by atoms with Crippen molar-refractivity contribution in [2.45, 2.75) is 61.3 Å². The monoisotopic (exact) mass is 437 g/mol. The second-order valence-electron chi connectivity index (χ2n) is 8.18. The summed E-state index contributed by atoms with van der Waals surface area (Å²) in [5.41, 5.74) is -0.885. The predicted molar refractivity (Wildman–Crippen MR) is 108 cm³/mol. The van der Waals surface area contributed by atoms with Crippen LogP contribution in [0, 0.1) is 17.2 Å². The minimum atomic E-state index is -3.84. The number of halogens is 1. The van der Waals surface area contributed by atoms with Crippen molar-refractivity contribution >= 4 is 33.3 Å². The van der Waals surface area contributed by atoms with Gasteiger partial charge in [-0.15, -0.1) is 0 Å². The highest BCUT2D eigenvalue weighted by atomic mass is 35.5. The van der Waals surface area contributed by atoms with Crippen LogP contribution in [0.15, 0.2) is 29.2 Å². The maximum absolute atomic E-state index is 13.2. The molecule has 2 aliphatic rings. The average Bonchev–Trinajstić information content (AvgIpc) is 3.26. The quantitative estimate of drug-likeness (QED) is 0.734. The van der Waals surface area contributed by atoms with E-state index in [0.717, 1.165) is 0 Å². The Morgan fingerprint density at radius 2 is 2.00 bits per heavy atom. The Morgan fingerprint density at radius 1 is 1.34 bits per heavy atom. The minimum absolute atomic E-state index is 0.000304. The molecule has 0 spiro atoms. The van der Waals surface area contributed by atoms with E-state index in [1.54, 1.807) is 12.1 Å². The maximum atomic E-state index is 13.2. The van der Waals surface area contributed by atoms with Gasteiger partial charge in [0.05, 0.1) is 21.2 Å². The summed E-state index contributed by atoms with van der Waals surface area (Å²) >= 11 is 6.09. The van der Waals surface area contributed by atoms with Gasteiger partial charge in [-0.1, -0.05) is 37.6 Å². The molecule has 1 heterocycles. The van der Waals surface area contributed by atoms with Gasteiger partial charge in [0.25, 0.3) is 0 Å². The molecule has 2 fully saturated rings. The zero-order valence-electron chi connectivity index (χ0n) is 16.4. The number of rotatable bonds is 6. The van der Waals surface area contributed by atoms with Crippen molar-refractivity contribution < 1.29 is 18.0 Å². The number of carbonyl (C=O) groups is 2. The molecular formula is C20H24ClN3O4S. The number of benzene rings is 1. The van der Waals surface area contributed by atoms with Crippen LogP contribution in [0.3, 0.4) is 0 Å². The first-order valence-corrected chi connectivity index (χ1v) is 11.5. The molecule has 1 N–H and O–H groups in total. The Morgan fingerprint density at radius 3 is 2.55 bits per heavy atom. The minimum Gasteiger partial charge on any atom is -0.336 e. The lowest BCUT2D eigenvalue weighted by Gasteiger charge is -2.25. The van der Waals surface area contributed by atoms with E-state index in [-0.39, 0.29) is 41.1 Å². The number of hydrogen-bond donors (Lipinski definition) is 1. The number of amides is 2. The van der Waals surface area contributed by atoms with E-state index >= 15 is 0 Å². The fraction of sp³-hybridized carbons (Fsp3) is 0.550. The number of hydrogen-bond acceptors (Lipinski definition) is 5. The third-order valence-electron chi connectivity index (χ3n) is 5.38. The lowest BCUT2D eigenvalue weighted by atomic mass is 10.1.